The summed E-state index contributed by atoms with van der Waals surface area (Å²) in [4.78, 5) is 0. The van der Waals surface area contributed by atoms with Crippen LogP contribution in [0.15, 0.2) is 42.5 Å². The van der Waals surface area contributed by atoms with Gasteiger partial charge in [-0.3, -0.25) is 0 Å². The second-order valence-electron chi connectivity index (χ2n) is 4.43. The molecule has 0 aliphatic carbocycles. The Bertz CT molecular complexity index is 688. The van der Waals surface area contributed by atoms with Gasteiger partial charge in [0.1, 0.15) is 11.5 Å². The van der Waals surface area contributed by atoms with Crippen molar-refractivity contribution >= 4 is 0 Å². The predicted molar refractivity (Wildman–Crippen MR) is 74.4 cm³/mol. The van der Waals surface area contributed by atoms with Crippen molar-refractivity contribution in [3.63, 3.8) is 0 Å². The molecule has 0 saturated carbocycles. The zero-order valence-electron chi connectivity index (χ0n) is 11.6. The molecule has 0 bridgehead atoms. The van der Waals surface area contributed by atoms with Crippen molar-refractivity contribution < 1.29 is 22.6 Å². The number of halogens is 3. The van der Waals surface area contributed by atoms with Crippen LogP contribution in [0.3, 0.4) is 0 Å². The van der Waals surface area contributed by atoms with Gasteiger partial charge in [0, 0.05) is 5.56 Å². The van der Waals surface area contributed by atoms with E-state index in [1.807, 2.05) is 6.07 Å². The first-order valence-corrected chi connectivity index (χ1v) is 6.33. The quantitative estimate of drug-likeness (QED) is 0.844. The van der Waals surface area contributed by atoms with Crippen LogP contribution in [-0.4, -0.2) is 13.5 Å². The maximum absolute atomic E-state index is 12.1. The molecule has 6 heteroatoms. The Hall–Kier alpha value is -2.68. The highest BCUT2D eigenvalue weighted by atomic mass is 19.4. The van der Waals surface area contributed by atoms with Gasteiger partial charge in [-0.25, -0.2) is 0 Å². The number of hydrogen-bond donors (Lipinski definition) is 0. The van der Waals surface area contributed by atoms with Gasteiger partial charge >= 0.3 is 6.36 Å². The largest absolute Gasteiger partial charge is 0.573 e. The Kier molecular flexibility index (Phi) is 4.56. The maximum Gasteiger partial charge on any atom is 0.573 e. The van der Waals surface area contributed by atoms with Gasteiger partial charge in [-0.1, -0.05) is 18.2 Å². The Morgan fingerprint density at radius 3 is 2.23 bits per heavy atom. The Balaban J connectivity index is 2.28. The number of methoxy groups -OCH3 is 1. The molecular weight excluding hydrogens is 295 g/mol. The van der Waals surface area contributed by atoms with Crippen molar-refractivity contribution in [3.05, 3.63) is 48.0 Å². The van der Waals surface area contributed by atoms with E-state index >= 15 is 0 Å². The lowest BCUT2D eigenvalue weighted by atomic mass is 10.0. The summed E-state index contributed by atoms with van der Waals surface area (Å²) in [6.45, 7) is 0. The molecule has 2 rings (SSSR count). The second-order valence-corrected chi connectivity index (χ2v) is 4.43. The van der Waals surface area contributed by atoms with Gasteiger partial charge in [0.05, 0.1) is 19.6 Å². The van der Waals surface area contributed by atoms with Crippen LogP contribution in [0.25, 0.3) is 11.1 Å². The van der Waals surface area contributed by atoms with Crippen molar-refractivity contribution in [2.24, 2.45) is 0 Å². The molecule has 0 aliphatic heterocycles. The van der Waals surface area contributed by atoms with E-state index in [1.165, 1.54) is 31.4 Å². The number of benzene rings is 2. The van der Waals surface area contributed by atoms with Crippen molar-refractivity contribution in [3.8, 4) is 28.7 Å². The first-order valence-electron chi connectivity index (χ1n) is 6.33. The second kappa shape index (κ2) is 6.39. The average molecular weight is 307 g/mol. The Morgan fingerprint density at radius 2 is 1.68 bits per heavy atom. The molecule has 0 N–H and O–H groups in total. The maximum atomic E-state index is 12.1. The fourth-order valence-electron chi connectivity index (χ4n) is 2.03. The van der Waals surface area contributed by atoms with E-state index < -0.39 is 6.36 Å². The van der Waals surface area contributed by atoms with Gasteiger partial charge in [-0.05, 0) is 35.4 Å². The summed E-state index contributed by atoms with van der Waals surface area (Å²) in [6, 6.07) is 12.9. The fourth-order valence-corrected chi connectivity index (χ4v) is 2.03. The topological polar surface area (TPSA) is 42.2 Å². The minimum Gasteiger partial charge on any atom is -0.496 e. The molecule has 0 heterocycles. The van der Waals surface area contributed by atoms with Gasteiger partial charge < -0.3 is 9.47 Å². The molecule has 2 aromatic carbocycles. The number of nitrogens with zero attached hydrogens (tertiary/aromatic N) is 1. The third-order valence-electron chi connectivity index (χ3n) is 2.97. The Labute approximate surface area is 125 Å². The zero-order chi connectivity index (χ0) is 16.2. The van der Waals surface area contributed by atoms with E-state index in [0.29, 0.717) is 5.75 Å². The van der Waals surface area contributed by atoms with E-state index in [-0.39, 0.29) is 12.2 Å². The van der Waals surface area contributed by atoms with Crippen LogP contribution in [0.2, 0.25) is 0 Å². The summed E-state index contributed by atoms with van der Waals surface area (Å²) in [7, 11) is 1.51. The molecule has 3 nitrogen and oxygen atoms in total. The van der Waals surface area contributed by atoms with E-state index in [1.54, 1.807) is 18.2 Å². The highest BCUT2D eigenvalue weighted by Crippen LogP contribution is 2.29. The van der Waals surface area contributed by atoms with Crippen LogP contribution < -0.4 is 9.47 Å². The SMILES string of the molecule is COc1ccc(-c2ccc(OC(F)(F)F)cc2)cc1CC#N. The molecule has 114 valence electrons. The van der Waals surface area contributed by atoms with Crippen LogP contribution in [0.1, 0.15) is 5.56 Å². The van der Waals surface area contributed by atoms with Crippen molar-refractivity contribution in [2.45, 2.75) is 12.8 Å². The van der Waals surface area contributed by atoms with Crippen LogP contribution >= 0.6 is 0 Å². The Morgan fingerprint density at radius 1 is 1.05 bits per heavy atom. The lowest BCUT2D eigenvalue weighted by Crippen LogP contribution is -2.16. The van der Waals surface area contributed by atoms with Crippen molar-refractivity contribution in [1.29, 1.82) is 5.26 Å². The number of hydrogen-bond acceptors (Lipinski definition) is 3. The lowest BCUT2D eigenvalue weighted by molar-refractivity contribution is -0.274. The summed E-state index contributed by atoms with van der Waals surface area (Å²) >= 11 is 0. The molecule has 0 atom stereocenters. The normalized spacial score (nSPS) is 10.9. The molecule has 2 aromatic rings. The highest BCUT2D eigenvalue weighted by molar-refractivity contribution is 5.66. The monoisotopic (exact) mass is 307 g/mol. The molecule has 0 saturated heterocycles. The first kappa shape index (κ1) is 15.7. The van der Waals surface area contributed by atoms with Crippen molar-refractivity contribution in [1.82, 2.24) is 0 Å². The number of ether oxygens (including phenoxy) is 2. The van der Waals surface area contributed by atoms with Crippen LogP contribution in [-0.2, 0) is 6.42 Å². The number of alkyl halides is 3. The first-order chi connectivity index (χ1) is 10.4. The third kappa shape index (κ3) is 3.92. The van der Waals surface area contributed by atoms with E-state index in [4.69, 9.17) is 10.00 Å². The average Bonchev–Trinajstić information content (AvgIpc) is 2.47. The molecule has 0 fully saturated rings. The van der Waals surface area contributed by atoms with E-state index in [0.717, 1.165) is 16.7 Å². The minimum absolute atomic E-state index is 0.187. The van der Waals surface area contributed by atoms with E-state index in [2.05, 4.69) is 4.74 Å². The van der Waals surface area contributed by atoms with Gasteiger partial charge in [0.2, 0.25) is 0 Å². The molecule has 0 radical (unpaired) electrons. The standard InChI is InChI=1S/C16H12F3NO2/c1-21-15-7-4-12(10-13(15)8-9-20)11-2-5-14(6-3-11)22-16(17,18)19/h2-7,10H,8H2,1H3. The molecular formula is C16H12F3NO2. The summed E-state index contributed by atoms with van der Waals surface area (Å²) in [5, 5.41) is 8.82. The van der Waals surface area contributed by atoms with Crippen LogP contribution in [0.4, 0.5) is 13.2 Å². The molecule has 0 amide bonds. The van der Waals surface area contributed by atoms with Gasteiger partial charge in [0.25, 0.3) is 0 Å². The van der Waals surface area contributed by atoms with Gasteiger partial charge in [-0.2, -0.15) is 5.26 Å². The zero-order valence-corrected chi connectivity index (χ0v) is 11.6. The summed E-state index contributed by atoms with van der Waals surface area (Å²) in [6.07, 6.45) is -4.52. The fraction of sp³-hybridized carbons (Fsp3) is 0.188. The van der Waals surface area contributed by atoms with Crippen molar-refractivity contribution in [2.75, 3.05) is 7.11 Å². The molecule has 22 heavy (non-hydrogen) atoms. The summed E-state index contributed by atoms with van der Waals surface area (Å²) in [5.41, 5.74) is 2.22. The van der Waals surface area contributed by atoms with Crippen LogP contribution in [0, 0.1) is 11.3 Å². The molecule has 0 aromatic heterocycles. The minimum atomic E-state index is -4.71. The molecule has 0 spiro atoms. The highest BCUT2D eigenvalue weighted by Gasteiger charge is 2.30. The van der Waals surface area contributed by atoms with Gasteiger partial charge in [0.15, 0.2) is 0 Å². The summed E-state index contributed by atoms with van der Waals surface area (Å²) in [5.74, 6) is 0.323. The lowest BCUT2D eigenvalue weighted by Gasteiger charge is -2.11. The number of nitriles is 1. The third-order valence-corrected chi connectivity index (χ3v) is 2.97. The number of rotatable bonds is 4. The smallest absolute Gasteiger partial charge is 0.496 e. The molecule has 0 unspecified atom stereocenters. The van der Waals surface area contributed by atoms with E-state index in [9.17, 15) is 13.2 Å². The summed E-state index contributed by atoms with van der Waals surface area (Å²) < 4.78 is 45.4. The van der Waals surface area contributed by atoms with Gasteiger partial charge in [-0.15, -0.1) is 13.2 Å². The van der Waals surface area contributed by atoms with Crippen LogP contribution in [0.5, 0.6) is 11.5 Å². The predicted octanol–water partition coefficient (Wildman–Crippen LogP) is 4.33. The molecule has 0 aliphatic rings.